The molecule has 0 aliphatic heterocycles. The van der Waals surface area contributed by atoms with Crippen LogP contribution < -0.4 is 10.6 Å². The van der Waals surface area contributed by atoms with Gasteiger partial charge in [-0.05, 0) is 24.2 Å². The lowest BCUT2D eigenvalue weighted by Gasteiger charge is -2.01. The standard InChI is InChI=1S/C8H12P2/c1-6-3-4-8(10-2)7(9)5-6/h3-5,10H,9H2,1-2H3. The van der Waals surface area contributed by atoms with Crippen LogP contribution in [0.1, 0.15) is 5.56 Å². The van der Waals surface area contributed by atoms with Gasteiger partial charge in [-0.2, -0.15) is 0 Å². The first-order chi connectivity index (χ1) is 4.74. The minimum absolute atomic E-state index is 0.904. The summed E-state index contributed by atoms with van der Waals surface area (Å²) in [4.78, 5) is 0. The molecule has 0 bridgehead atoms. The lowest BCUT2D eigenvalue weighted by Crippen LogP contribution is -2.12. The second-order valence-electron chi connectivity index (χ2n) is 2.34. The maximum absolute atomic E-state index is 2.77. The first-order valence-corrected chi connectivity index (χ1v) is 5.35. The van der Waals surface area contributed by atoms with E-state index < -0.39 is 0 Å². The summed E-state index contributed by atoms with van der Waals surface area (Å²) >= 11 is 0. The Morgan fingerprint density at radius 2 is 2.10 bits per heavy atom. The van der Waals surface area contributed by atoms with E-state index in [0.29, 0.717) is 0 Å². The van der Waals surface area contributed by atoms with E-state index in [0.717, 1.165) is 8.58 Å². The summed E-state index contributed by atoms with van der Waals surface area (Å²) in [7, 11) is 3.68. The summed E-state index contributed by atoms with van der Waals surface area (Å²) in [5.41, 5.74) is 1.34. The molecule has 0 saturated carbocycles. The molecular weight excluding hydrogens is 158 g/mol. The molecule has 2 atom stereocenters. The average molecular weight is 170 g/mol. The SMILES string of the molecule is CPc1ccc(C)cc1P. The van der Waals surface area contributed by atoms with Crippen LogP contribution in [0.3, 0.4) is 0 Å². The minimum atomic E-state index is 0.904. The van der Waals surface area contributed by atoms with E-state index in [4.69, 9.17) is 0 Å². The Bertz CT molecular complexity index is 231. The van der Waals surface area contributed by atoms with E-state index in [1.54, 1.807) is 0 Å². The van der Waals surface area contributed by atoms with E-state index in [9.17, 15) is 0 Å². The van der Waals surface area contributed by atoms with E-state index >= 15 is 0 Å². The van der Waals surface area contributed by atoms with Crippen LogP contribution in [-0.2, 0) is 0 Å². The van der Waals surface area contributed by atoms with Gasteiger partial charge >= 0.3 is 0 Å². The molecule has 0 spiro atoms. The molecule has 0 aliphatic rings. The van der Waals surface area contributed by atoms with Gasteiger partial charge in [0.05, 0.1) is 0 Å². The summed E-state index contributed by atoms with van der Waals surface area (Å²) in [6.45, 7) is 4.33. The Balaban J connectivity index is 3.07. The summed E-state index contributed by atoms with van der Waals surface area (Å²) in [6.07, 6.45) is 0. The second kappa shape index (κ2) is 3.46. The van der Waals surface area contributed by atoms with Gasteiger partial charge in [-0.3, -0.25) is 0 Å². The molecule has 2 heteroatoms. The molecule has 1 aromatic rings. The van der Waals surface area contributed by atoms with Crippen LogP contribution in [0.15, 0.2) is 18.2 Å². The lowest BCUT2D eigenvalue weighted by atomic mass is 10.2. The molecule has 10 heavy (non-hydrogen) atoms. The van der Waals surface area contributed by atoms with Crippen molar-refractivity contribution in [2.24, 2.45) is 0 Å². The van der Waals surface area contributed by atoms with Crippen molar-refractivity contribution >= 4 is 28.4 Å². The zero-order valence-corrected chi connectivity index (χ0v) is 8.46. The van der Waals surface area contributed by atoms with Crippen molar-refractivity contribution in [2.45, 2.75) is 6.92 Å². The monoisotopic (exact) mass is 170 g/mol. The smallest absolute Gasteiger partial charge is 0.0203 e. The third-order valence-corrected chi connectivity index (χ3v) is 3.24. The molecule has 0 aliphatic carbocycles. The molecule has 0 heterocycles. The maximum Gasteiger partial charge on any atom is -0.0203 e. The van der Waals surface area contributed by atoms with Crippen LogP contribution in [0.4, 0.5) is 0 Å². The van der Waals surface area contributed by atoms with Crippen molar-refractivity contribution in [1.82, 2.24) is 0 Å². The van der Waals surface area contributed by atoms with Crippen molar-refractivity contribution in [1.29, 1.82) is 0 Å². The fourth-order valence-electron chi connectivity index (χ4n) is 0.910. The highest BCUT2D eigenvalue weighted by molar-refractivity contribution is 7.49. The predicted molar refractivity (Wildman–Crippen MR) is 54.4 cm³/mol. The van der Waals surface area contributed by atoms with Gasteiger partial charge in [0.25, 0.3) is 0 Å². The number of rotatable bonds is 1. The zero-order chi connectivity index (χ0) is 7.56. The van der Waals surface area contributed by atoms with Gasteiger partial charge in [0.1, 0.15) is 0 Å². The first kappa shape index (κ1) is 8.18. The van der Waals surface area contributed by atoms with Crippen molar-refractivity contribution in [3.05, 3.63) is 23.8 Å². The van der Waals surface area contributed by atoms with Crippen LogP contribution in [0.2, 0.25) is 0 Å². The Morgan fingerprint density at radius 3 is 2.60 bits per heavy atom. The molecule has 54 valence electrons. The summed E-state index contributed by atoms with van der Waals surface area (Å²) < 4.78 is 0. The van der Waals surface area contributed by atoms with Crippen molar-refractivity contribution in [2.75, 3.05) is 6.66 Å². The molecule has 1 rings (SSSR count). The van der Waals surface area contributed by atoms with E-state index in [1.165, 1.54) is 16.2 Å². The fraction of sp³-hybridized carbons (Fsp3) is 0.250. The van der Waals surface area contributed by atoms with Crippen molar-refractivity contribution in [3.8, 4) is 0 Å². The number of benzene rings is 1. The molecule has 0 aromatic heterocycles. The number of hydrogen-bond acceptors (Lipinski definition) is 0. The summed E-state index contributed by atoms with van der Waals surface area (Å²) in [5.74, 6) is 0. The molecule has 0 saturated heterocycles. The normalized spacial score (nSPS) is 11.1. The Hall–Kier alpha value is 0.0800. The number of aryl methyl sites for hydroxylation is 1. The lowest BCUT2D eigenvalue weighted by molar-refractivity contribution is 1.51. The van der Waals surface area contributed by atoms with Crippen LogP contribution in [-0.4, -0.2) is 6.66 Å². The van der Waals surface area contributed by atoms with Gasteiger partial charge in [0.2, 0.25) is 0 Å². The Kier molecular flexibility index (Phi) is 2.83. The van der Waals surface area contributed by atoms with Crippen LogP contribution in [0.25, 0.3) is 0 Å². The molecule has 1 aromatic carbocycles. The summed E-state index contributed by atoms with van der Waals surface area (Å²) in [6, 6.07) is 6.58. The largest absolute Gasteiger partial charge is 0.105 e. The molecule has 2 unspecified atom stereocenters. The maximum atomic E-state index is 2.77. The van der Waals surface area contributed by atoms with Gasteiger partial charge in [0, 0.05) is 0 Å². The van der Waals surface area contributed by atoms with Gasteiger partial charge in [-0.25, -0.2) is 0 Å². The number of hydrogen-bond donors (Lipinski definition) is 0. The first-order valence-electron chi connectivity index (χ1n) is 3.28. The highest BCUT2D eigenvalue weighted by atomic mass is 31.1. The molecular formula is C8H12P2. The van der Waals surface area contributed by atoms with Gasteiger partial charge in [-0.15, -0.1) is 9.24 Å². The van der Waals surface area contributed by atoms with Gasteiger partial charge < -0.3 is 0 Å². The van der Waals surface area contributed by atoms with Gasteiger partial charge in [0.15, 0.2) is 0 Å². The zero-order valence-electron chi connectivity index (χ0n) is 6.31. The van der Waals surface area contributed by atoms with Crippen molar-refractivity contribution < 1.29 is 0 Å². The van der Waals surface area contributed by atoms with E-state index in [2.05, 4.69) is 41.0 Å². The predicted octanol–water partition coefficient (Wildman–Crippen LogP) is 1.43. The molecule has 0 radical (unpaired) electrons. The third-order valence-electron chi connectivity index (χ3n) is 1.48. The third kappa shape index (κ3) is 1.78. The second-order valence-corrected chi connectivity index (χ2v) is 4.00. The Labute approximate surface area is 66.4 Å². The topological polar surface area (TPSA) is 0 Å². The minimum Gasteiger partial charge on any atom is -0.105 e. The summed E-state index contributed by atoms with van der Waals surface area (Å²) in [5, 5.41) is 2.80. The highest BCUT2D eigenvalue weighted by Crippen LogP contribution is 2.05. The van der Waals surface area contributed by atoms with Crippen LogP contribution >= 0.6 is 17.8 Å². The van der Waals surface area contributed by atoms with Crippen LogP contribution in [0, 0.1) is 6.92 Å². The van der Waals surface area contributed by atoms with Crippen molar-refractivity contribution in [3.63, 3.8) is 0 Å². The molecule has 0 fully saturated rings. The fourth-order valence-corrected chi connectivity index (χ4v) is 2.31. The molecule has 0 N–H and O–H groups in total. The molecule has 0 nitrogen and oxygen atoms in total. The quantitative estimate of drug-likeness (QED) is 0.559. The van der Waals surface area contributed by atoms with Crippen LogP contribution in [0.5, 0.6) is 0 Å². The highest BCUT2D eigenvalue weighted by Gasteiger charge is 1.93. The van der Waals surface area contributed by atoms with E-state index in [-0.39, 0.29) is 0 Å². The molecule has 0 amide bonds. The average Bonchev–Trinajstić information content (AvgIpc) is 1.88. The Morgan fingerprint density at radius 1 is 1.40 bits per heavy atom. The van der Waals surface area contributed by atoms with E-state index in [1.807, 2.05) is 0 Å². The van der Waals surface area contributed by atoms with Gasteiger partial charge in [-0.1, -0.05) is 32.3 Å².